The number of benzene rings is 3. The first-order valence-corrected chi connectivity index (χ1v) is 11.7. The summed E-state index contributed by atoms with van der Waals surface area (Å²) in [5.74, 6) is 1.04. The standard InChI is InChI=1S/C29H27N3O2/c1-21(34-25-7-3-2-4-8-25)29(33)31-16-15-24(19-31)27-20-32(28-10-6-5-9-26(27)28)18-23-13-11-22(17-30)12-14-23/h2-14,20-21,24H,15-16,18-19H2,1H3. The van der Waals surface area contributed by atoms with Crippen molar-refractivity contribution in [3.8, 4) is 11.8 Å². The summed E-state index contributed by atoms with van der Waals surface area (Å²) in [7, 11) is 0. The third-order valence-corrected chi connectivity index (χ3v) is 6.60. The number of aromatic nitrogens is 1. The molecule has 2 unspecified atom stereocenters. The molecular weight excluding hydrogens is 422 g/mol. The molecular formula is C29H27N3O2. The predicted molar refractivity (Wildman–Crippen MR) is 133 cm³/mol. The van der Waals surface area contributed by atoms with Crippen molar-refractivity contribution in [2.45, 2.75) is 31.9 Å². The third kappa shape index (κ3) is 4.40. The molecule has 1 aromatic heterocycles. The lowest BCUT2D eigenvalue weighted by Gasteiger charge is -2.22. The van der Waals surface area contributed by atoms with E-state index in [1.165, 1.54) is 16.5 Å². The van der Waals surface area contributed by atoms with Gasteiger partial charge in [-0.05, 0) is 54.8 Å². The van der Waals surface area contributed by atoms with Crippen molar-refractivity contribution in [3.63, 3.8) is 0 Å². The molecule has 4 aromatic rings. The minimum absolute atomic E-state index is 0.0349. The highest BCUT2D eigenvalue weighted by atomic mass is 16.5. The van der Waals surface area contributed by atoms with Gasteiger partial charge in [-0.1, -0.05) is 48.5 Å². The molecule has 1 saturated heterocycles. The van der Waals surface area contributed by atoms with Gasteiger partial charge in [-0.3, -0.25) is 4.79 Å². The van der Waals surface area contributed by atoms with E-state index in [-0.39, 0.29) is 5.91 Å². The summed E-state index contributed by atoms with van der Waals surface area (Å²) in [5.41, 5.74) is 4.30. The van der Waals surface area contributed by atoms with Crippen molar-refractivity contribution in [1.29, 1.82) is 5.26 Å². The molecule has 2 atom stereocenters. The van der Waals surface area contributed by atoms with Crippen molar-refractivity contribution < 1.29 is 9.53 Å². The second-order valence-corrected chi connectivity index (χ2v) is 8.88. The van der Waals surface area contributed by atoms with Gasteiger partial charge in [0.2, 0.25) is 0 Å². The van der Waals surface area contributed by atoms with E-state index >= 15 is 0 Å². The smallest absolute Gasteiger partial charge is 0.263 e. The first kappa shape index (κ1) is 21.8. The van der Waals surface area contributed by atoms with E-state index in [9.17, 15) is 4.79 Å². The van der Waals surface area contributed by atoms with Crippen molar-refractivity contribution >= 4 is 16.8 Å². The van der Waals surface area contributed by atoms with Gasteiger partial charge in [0, 0.05) is 42.7 Å². The van der Waals surface area contributed by atoms with E-state index in [1.54, 1.807) is 0 Å². The van der Waals surface area contributed by atoms with Gasteiger partial charge in [-0.25, -0.2) is 0 Å². The molecule has 0 saturated carbocycles. The number of para-hydroxylation sites is 2. The molecule has 5 rings (SSSR count). The van der Waals surface area contributed by atoms with E-state index in [1.807, 2.05) is 66.4 Å². The number of fused-ring (bicyclic) bond motifs is 1. The Labute approximate surface area is 199 Å². The van der Waals surface area contributed by atoms with Crippen LogP contribution in [0.25, 0.3) is 10.9 Å². The highest BCUT2D eigenvalue weighted by Gasteiger charge is 2.32. The van der Waals surface area contributed by atoms with Crippen LogP contribution < -0.4 is 4.74 Å². The summed E-state index contributed by atoms with van der Waals surface area (Å²) in [6.07, 6.45) is 2.67. The van der Waals surface area contributed by atoms with Crippen molar-refractivity contribution in [3.05, 3.63) is 102 Å². The average molecular weight is 450 g/mol. The quantitative estimate of drug-likeness (QED) is 0.399. The molecule has 1 aliphatic heterocycles. The van der Waals surface area contributed by atoms with Gasteiger partial charge in [0.25, 0.3) is 5.91 Å². The maximum atomic E-state index is 13.1. The summed E-state index contributed by atoms with van der Waals surface area (Å²) < 4.78 is 8.15. The second kappa shape index (κ2) is 9.44. The lowest BCUT2D eigenvalue weighted by Crippen LogP contribution is -2.39. The molecule has 34 heavy (non-hydrogen) atoms. The SMILES string of the molecule is CC(Oc1ccccc1)C(=O)N1CCC(c2cn(Cc3ccc(C#N)cc3)c3ccccc23)C1. The summed E-state index contributed by atoms with van der Waals surface area (Å²) in [6, 6.07) is 27.9. The largest absolute Gasteiger partial charge is 0.481 e. The summed E-state index contributed by atoms with van der Waals surface area (Å²) in [4.78, 5) is 15.0. The van der Waals surface area contributed by atoms with Crippen LogP contribution in [0.15, 0.2) is 85.1 Å². The van der Waals surface area contributed by atoms with Crippen molar-refractivity contribution in [2.24, 2.45) is 0 Å². The van der Waals surface area contributed by atoms with Gasteiger partial charge in [-0.2, -0.15) is 5.26 Å². The number of nitriles is 1. The van der Waals surface area contributed by atoms with Crippen LogP contribution in [-0.2, 0) is 11.3 Å². The zero-order valence-corrected chi connectivity index (χ0v) is 19.2. The second-order valence-electron chi connectivity index (χ2n) is 8.88. The van der Waals surface area contributed by atoms with E-state index < -0.39 is 6.10 Å². The Kier molecular flexibility index (Phi) is 6.05. The Morgan fingerprint density at radius 2 is 1.79 bits per heavy atom. The third-order valence-electron chi connectivity index (χ3n) is 6.60. The van der Waals surface area contributed by atoms with Crippen molar-refractivity contribution in [2.75, 3.05) is 13.1 Å². The van der Waals surface area contributed by atoms with Crippen molar-refractivity contribution in [1.82, 2.24) is 9.47 Å². The molecule has 170 valence electrons. The Morgan fingerprint density at radius 3 is 2.56 bits per heavy atom. The van der Waals surface area contributed by atoms with Gasteiger partial charge < -0.3 is 14.2 Å². The van der Waals surface area contributed by atoms with Crippen LogP contribution in [0.4, 0.5) is 0 Å². The van der Waals surface area contributed by atoms with Crippen LogP contribution >= 0.6 is 0 Å². The molecule has 2 heterocycles. The van der Waals surface area contributed by atoms with Gasteiger partial charge >= 0.3 is 0 Å². The molecule has 5 heteroatoms. The lowest BCUT2D eigenvalue weighted by atomic mass is 9.98. The van der Waals surface area contributed by atoms with Crippen LogP contribution in [0, 0.1) is 11.3 Å². The minimum Gasteiger partial charge on any atom is -0.481 e. The molecule has 5 nitrogen and oxygen atoms in total. The Balaban J connectivity index is 1.33. The summed E-state index contributed by atoms with van der Waals surface area (Å²) >= 11 is 0. The highest BCUT2D eigenvalue weighted by Crippen LogP contribution is 2.34. The van der Waals surface area contributed by atoms with E-state index in [0.717, 1.165) is 25.1 Å². The number of nitrogens with zero attached hydrogens (tertiary/aromatic N) is 3. The number of amides is 1. The number of carbonyl (C=O) groups is 1. The minimum atomic E-state index is -0.515. The van der Waals surface area contributed by atoms with Gasteiger partial charge in [0.05, 0.1) is 11.6 Å². The topological polar surface area (TPSA) is 58.3 Å². The highest BCUT2D eigenvalue weighted by molar-refractivity contribution is 5.85. The number of likely N-dealkylation sites (tertiary alicyclic amines) is 1. The van der Waals surface area contributed by atoms with Crippen LogP contribution in [0.1, 0.15) is 36.0 Å². The molecule has 0 N–H and O–H groups in total. The van der Waals surface area contributed by atoms with Crippen LogP contribution in [-0.4, -0.2) is 34.6 Å². The average Bonchev–Trinajstić information content (AvgIpc) is 3.50. The lowest BCUT2D eigenvalue weighted by molar-refractivity contribution is -0.136. The number of hydrogen-bond acceptors (Lipinski definition) is 3. The fourth-order valence-corrected chi connectivity index (χ4v) is 4.84. The fourth-order valence-electron chi connectivity index (χ4n) is 4.84. The van der Waals surface area contributed by atoms with Crippen LogP contribution in [0.2, 0.25) is 0 Å². The van der Waals surface area contributed by atoms with Crippen LogP contribution in [0.5, 0.6) is 5.75 Å². The molecule has 0 radical (unpaired) electrons. The molecule has 1 aliphatic rings. The van der Waals surface area contributed by atoms with Gasteiger partial charge in [0.15, 0.2) is 6.10 Å². The first-order chi connectivity index (χ1) is 16.6. The Hall–Kier alpha value is -4.04. The molecule has 3 aromatic carbocycles. The van der Waals surface area contributed by atoms with E-state index in [2.05, 4.69) is 41.1 Å². The predicted octanol–water partition coefficient (Wildman–Crippen LogP) is 5.34. The maximum Gasteiger partial charge on any atom is 0.263 e. The number of carbonyl (C=O) groups excluding carboxylic acids is 1. The summed E-state index contributed by atoms with van der Waals surface area (Å²) in [6.45, 7) is 4.00. The summed E-state index contributed by atoms with van der Waals surface area (Å²) in [5, 5.41) is 10.3. The zero-order chi connectivity index (χ0) is 23.5. The Bertz CT molecular complexity index is 1340. The number of ether oxygens (including phenoxy) is 1. The maximum absolute atomic E-state index is 13.1. The molecule has 0 spiro atoms. The number of hydrogen-bond donors (Lipinski definition) is 0. The molecule has 1 amide bonds. The van der Waals surface area contributed by atoms with Gasteiger partial charge in [0.1, 0.15) is 5.75 Å². The molecule has 0 aliphatic carbocycles. The monoisotopic (exact) mass is 449 g/mol. The van der Waals surface area contributed by atoms with Gasteiger partial charge in [-0.15, -0.1) is 0 Å². The zero-order valence-electron chi connectivity index (χ0n) is 19.2. The number of rotatable bonds is 6. The Morgan fingerprint density at radius 1 is 1.06 bits per heavy atom. The molecule has 1 fully saturated rings. The fraction of sp³-hybridized carbons (Fsp3) is 0.241. The van der Waals surface area contributed by atoms with E-state index in [0.29, 0.717) is 23.8 Å². The normalized spacial score (nSPS) is 16.4. The van der Waals surface area contributed by atoms with Crippen LogP contribution in [0.3, 0.4) is 0 Å². The first-order valence-electron chi connectivity index (χ1n) is 11.7. The molecule has 0 bridgehead atoms. The van der Waals surface area contributed by atoms with E-state index in [4.69, 9.17) is 10.00 Å².